The molecule has 0 saturated carbocycles. The van der Waals surface area contributed by atoms with Gasteiger partial charge < -0.3 is 0 Å². The van der Waals surface area contributed by atoms with E-state index in [1.807, 2.05) is 48.5 Å². The average Bonchev–Trinajstić information content (AvgIpc) is 2.33. The molecule has 0 aliphatic rings. The molecule has 1 nitrogen and oxygen atoms in total. The normalized spacial score (nSPS) is 9.75. The van der Waals surface area contributed by atoms with Crippen LogP contribution in [-0.4, -0.2) is 0 Å². The molecule has 0 fully saturated rings. The lowest BCUT2D eigenvalue weighted by atomic mass is 10.0. The zero-order chi connectivity index (χ0) is 11.4. The smallest absolute Gasteiger partial charge is 0.0994 e. The van der Waals surface area contributed by atoms with Crippen LogP contribution >= 0.6 is 11.6 Å². The first-order chi connectivity index (χ1) is 7.81. The van der Waals surface area contributed by atoms with Gasteiger partial charge in [0.2, 0.25) is 0 Å². The van der Waals surface area contributed by atoms with E-state index in [0.29, 0.717) is 12.0 Å². The molecule has 2 aromatic carbocycles. The Kier molecular flexibility index (Phi) is 3.24. The molecule has 0 saturated heterocycles. The van der Waals surface area contributed by atoms with Crippen LogP contribution in [0, 0.1) is 11.3 Å². The van der Waals surface area contributed by atoms with Crippen LogP contribution in [0.25, 0.3) is 0 Å². The highest BCUT2D eigenvalue weighted by molar-refractivity contribution is 6.31. The number of benzene rings is 2. The first kappa shape index (κ1) is 10.7. The Morgan fingerprint density at radius 2 is 1.56 bits per heavy atom. The van der Waals surface area contributed by atoms with Crippen molar-refractivity contribution in [2.24, 2.45) is 0 Å². The van der Waals surface area contributed by atoms with E-state index in [4.69, 9.17) is 16.9 Å². The fourth-order valence-corrected chi connectivity index (χ4v) is 1.83. The van der Waals surface area contributed by atoms with Gasteiger partial charge in [-0.05, 0) is 23.3 Å². The number of hydrogen-bond donors (Lipinski definition) is 0. The standard InChI is InChI=1S/C14H10ClN/c15-14-8-4-3-6-12(14)9-11-5-1-2-7-13(11)10-16/h1-8H,9H2. The van der Waals surface area contributed by atoms with Crippen molar-refractivity contribution in [3.05, 3.63) is 70.2 Å². The highest BCUT2D eigenvalue weighted by Gasteiger charge is 2.04. The summed E-state index contributed by atoms with van der Waals surface area (Å²) in [5, 5.41) is 9.73. The minimum Gasteiger partial charge on any atom is -0.192 e. The first-order valence-electron chi connectivity index (χ1n) is 5.02. The van der Waals surface area contributed by atoms with Crippen LogP contribution in [-0.2, 0) is 6.42 Å². The van der Waals surface area contributed by atoms with Gasteiger partial charge in [-0.15, -0.1) is 0 Å². The lowest BCUT2D eigenvalue weighted by molar-refractivity contribution is 1.18. The maximum Gasteiger partial charge on any atom is 0.0994 e. The van der Waals surface area contributed by atoms with E-state index in [2.05, 4.69) is 6.07 Å². The summed E-state index contributed by atoms with van der Waals surface area (Å²) in [5.41, 5.74) is 2.77. The summed E-state index contributed by atoms with van der Waals surface area (Å²) < 4.78 is 0. The minimum atomic E-state index is 0.698. The molecule has 0 N–H and O–H groups in total. The summed E-state index contributed by atoms with van der Waals surface area (Å²) in [4.78, 5) is 0. The van der Waals surface area contributed by atoms with Crippen LogP contribution < -0.4 is 0 Å². The average molecular weight is 228 g/mol. The molecule has 0 aliphatic carbocycles. The van der Waals surface area contributed by atoms with Gasteiger partial charge in [-0.25, -0.2) is 0 Å². The Morgan fingerprint density at radius 1 is 0.938 bits per heavy atom. The third-order valence-electron chi connectivity index (χ3n) is 2.48. The Labute approximate surface area is 99.9 Å². The molecule has 0 radical (unpaired) electrons. The molecule has 2 rings (SSSR count). The third-order valence-corrected chi connectivity index (χ3v) is 2.85. The lowest BCUT2D eigenvalue weighted by Gasteiger charge is -2.05. The molecule has 0 aliphatic heterocycles. The fraction of sp³-hybridized carbons (Fsp3) is 0.0714. The maximum atomic E-state index is 8.98. The zero-order valence-electron chi connectivity index (χ0n) is 8.65. The number of nitriles is 1. The van der Waals surface area contributed by atoms with Gasteiger partial charge in [-0.1, -0.05) is 48.0 Å². The molecular weight excluding hydrogens is 218 g/mol. The van der Waals surface area contributed by atoms with Crippen molar-refractivity contribution in [1.82, 2.24) is 0 Å². The molecule has 16 heavy (non-hydrogen) atoms. The second-order valence-electron chi connectivity index (χ2n) is 3.54. The van der Waals surface area contributed by atoms with E-state index in [1.54, 1.807) is 0 Å². The molecule has 0 bridgehead atoms. The molecule has 0 unspecified atom stereocenters. The summed E-state index contributed by atoms with van der Waals surface area (Å²) in [6.45, 7) is 0. The lowest BCUT2D eigenvalue weighted by Crippen LogP contribution is -1.92. The van der Waals surface area contributed by atoms with Crippen LogP contribution in [0.15, 0.2) is 48.5 Å². The first-order valence-corrected chi connectivity index (χ1v) is 5.40. The van der Waals surface area contributed by atoms with Crippen LogP contribution in [0.4, 0.5) is 0 Å². The Balaban J connectivity index is 2.35. The minimum absolute atomic E-state index is 0.698. The SMILES string of the molecule is N#Cc1ccccc1Cc1ccccc1Cl. The summed E-state index contributed by atoms with van der Waals surface area (Å²) in [5.74, 6) is 0. The molecule has 0 atom stereocenters. The number of halogens is 1. The van der Waals surface area contributed by atoms with Crippen molar-refractivity contribution >= 4 is 11.6 Å². The predicted molar refractivity (Wildman–Crippen MR) is 65.4 cm³/mol. The summed E-state index contributed by atoms with van der Waals surface area (Å²) >= 11 is 6.09. The van der Waals surface area contributed by atoms with E-state index in [1.165, 1.54) is 0 Å². The quantitative estimate of drug-likeness (QED) is 0.766. The van der Waals surface area contributed by atoms with Crippen molar-refractivity contribution in [1.29, 1.82) is 5.26 Å². The van der Waals surface area contributed by atoms with E-state index >= 15 is 0 Å². The molecule has 0 aromatic heterocycles. The Morgan fingerprint density at radius 3 is 2.25 bits per heavy atom. The maximum absolute atomic E-state index is 8.98. The largest absolute Gasteiger partial charge is 0.192 e. The van der Waals surface area contributed by atoms with Gasteiger partial charge in [0.1, 0.15) is 0 Å². The highest BCUT2D eigenvalue weighted by Crippen LogP contribution is 2.20. The van der Waals surface area contributed by atoms with Gasteiger partial charge in [0.25, 0.3) is 0 Å². The molecule has 2 aromatic rings. The molecule has 0 amide bonds. The van der Waals surface area contributed by atoms with Crippen LogP contribution in [0.3, 0.4) is 0 Å². The monoisotopic (exact) mass is 227 g/mol. The summed E-state index contributed by atoms with van der Waals surface area (Å²) in [7, 11) is 0. The van der Waals surface area contributed by atoms with Gasteiger partial charge in [0.05, 0.1) is 11.6 Å². The van der Waals surface area contributed by atoms with Gasteiger partial charge in [-0.2, -0.15) is 5.26 Å². The Hall–Kier alpha value is -1.78. The zero-order valence-corrected chi connectivity index (χ0v) is 9.41. The van der Waals surface area contributed by atoms with Gasteiger partial charge >= 0.3 is 0 Å². The molecule has 0 heterocycles. The predicted octanol–water partition coefficient (Wildman–Crippen LogP) is 3.80. The van der Waals surface area contributed by atoms with E-state index in [0.717, 1.165) is 16.1 Å². The molecule has 2 heteroatoms. The second kappa shape index (κ2) is 4.83. The Bertz CT molecular complexity index is 540. The van der Waals surface area contributed by atoms with Crippen LogP contribution in [0.1, 0.15) is 16.7 Å². The van der Waals surface area contributed by atoms with E-state index in [9.17, 15) is 0 Å². The van der Waals surface area contributed by atoms with Crippen LogP contribution in [0.5, 0.6) is 0 Å². The number of rotatable bonds is 2. The van der Waals surface area contributed by atoms with Crippen LogP contribution in [0.2, 0.25) is 5.02 Å². The molecular formula is C14H10ClN. The van der Waals surface area contributed by atoms with Gasteiger partial charge in [0, 0.05) is 11.4 Å². The second-order valence-corrected chi connectivity index (χ2v) is 3.94. The van der Waals surface area contributed by atoms with Gasteiger partial charge in [-0.3, -0.25) is 0 Å². The molecule has 78 valence electrons. The van der Waals surface area contributed by atoms with Crippen molar-refractivity contribution in [2.45, 2.75) is 6.42 Å². The summed E-state index contributed by atoms with van der Waals surface area (Å²) in [6.07, 6.45) is 0.698. The van der Waals surface area contributed by atoms with E-state index < -0.39 is 0 Å². The number of hydrogen-bond acceptors (Lipinski definition) is 1. The van der Waals surface area contributed by atoms with Crippen molar-refractivity contribution in [2.75, 3.05) is 0 Å². The fourth-order valence-electron chi connectivity index (χ4n) is 1.63. The third kappa shape index (κ3) is 2.24. The number of nitrogens with zero attached hydrogens (tertiary/aromatic N) is 1. The van der Waals surface area contributed by atoms with Crippen molar-refractivity contribution in [3.63, 3.8) is 0 Å². The van der Waals surface area contributed by atoms with Gasteiger partial charge in [0.15, 0.2) is 0 Å². The topological polar surface area (TPSA) is 23.8 Å². The highest BCUT2D eigenvalue weighted by atomic mass is 35.5. The summed E-state index contributed by atoms with van der Waals surface area (Å²) in [6, 6.07) is 17.5. The molecule has 0 spiro atoms. The van der Waals surface area contributed by atoms with Crippen molar-refractivity contribution in [3.8, 4) is 6.07 Å². The van der Waals surface area contributed by atoms with E-state index in [-0.39, 0.29) is 0 Å². The van der Waals surface area contributed by atoms with Crippen molar-refractivity contribution < 1.29 is 0 Å².